The summed E-state index contributed by atoms with van der Waals surface area (Å²) < 4.78 is 83.9. The number of Topliss-reactive ketones (excluding diaryl/α,β-unsaturated/α-hetero) is 2. The zero-order chi connectivity index (χ0) is 22.7. The van der Waals surface area contributed by atoms with Crippen molar-refractivity contribution in [1.29, 1.82) is 0 Å². The van der Waals surface area contributed by atoms with E-state index in [2.05, 4.69) is 4.98 Å². The van der Waals surface area contributed by atoms with Gasteiger partial charge in [-0.15, -0.1) is 0 Å². The molecule has 1 amide bonds. The minimum Gasteiger partial charge on any atom is -0.329 e. The van der Waals surface area contributed by atoms with Crippen molar-refractivity contribution in [3.63, 3.8) is 0 Å². The van der Waals surface area contributed by atoms with Crippen LogP contribution in [0.25, 0.3) is 0 Å². The Morgan fingerprint density at radius 3 is 1.83 bits per heavy atom. The molecule has 11 heteroatoms. The van der Waals surface area contributed by atoms with E-state index in [0.29, 0.717) is 6.92 Å². The fraction of sp³-hybridized carbons (Fsp3) is 0.263. The van der Waals surface area contributed by atoms with Crippen molar-refractivity contribution in [2.45, 2.75) is 24.8 Å². The van der Waals surface area contributed by atoms with Gasteiger partial charge in [-0.1, -0.05) is 30.3 Å². The number of alkyl halides is 6. The minimum atomic E-state index is -6.25. The van der Waals surface area contributed by atoms with E-state index in [0.717, 1.165) is 42.0 Å². The number of pyridine rings is 1. The molecule has 0 bridgehead atoms. The highest BCUT2D eigenvalue weighted by Crippen LogP contribution is 2.49. The average Bonchev–Trinajstić information content (AvgIpc) is 2.66. The number of amides is 1. The Kier molecular flexibility index (Phi) is 6.33. The van der Waals surface area contributed by atoms with Gasteiger partial charge in [0.05, 0.1) is 5.56 Å². The van der Waals surface area contributed by atoms with Crippen LogP contribution >= 0.6 is 0 Å². The zero-order valence-corrected chi connectivity index (χ0v) is 15.2. The van der Waals surface area contributed by atoms with Crippen LogP contribution in [-0.2, 0) is 4.79 Å². The van der Waals surface area contributed by atoms with Gasteiger partial charge < -0.3 is 5.32 Å². The third-order valence-corrected chi connectivity index (χ3v) is 4.29. The number of halogens is 6. The predicted molar refractivity (Wildman–Crippen MR) is 91.5 cm³/mol. The Morgan fingerprint density at radius 2 is 1.40 bits per heavy atom. The van der Waals surface area contributed by atoms with E-state index in [1.165, 1.54) is 18.2 Å². The minimum absolute atomic E-state index is 0.425. The Hall–Kier alpha value is -3.24. The molecule has 30 heavy (non-hydrogen) atoms. The number of hydrogen-bond acceptors (Lipinski definition) is 4. The number of rotatable bonds is 6. The van der Waals surface area contributed by atoms with E-state index in [9.17, 15) is 40.7 Å². The number of hydrogen-bond donors (Lipinski definition) is 1. The number of ketones is 2. The summed E-state index contributed by atoms with van der Waals surface area (Å²) in [6, 6.07) is 7.79. The van der Waals surface area contributed by atoms with Gasteiger partial charge in [-0.3, -0.25) is 19.4 Å². The molecule has 1 N–H and O–H groups in total. The Bertz CT molecular complexity index is 913. The molecule has 2 aromatic rings. The van der Waals surface area contributed by atoms with Crippen molar-refractivity contribution in [1.82, 2.24) is 10.3 Å². The highest BCUT2D eigenvalue weighted by Gasteiger charge is 2.77. The Balaban J connectivity index is 2.73. The molecule has 0 aliphatic rings. The summed E-state index contributed by atoms with van der Waals surface area (Å²) in [7, 11) is 0. The second-order valence-electron chi connectivity index (χ2n) is 6.27. The molecule has 1 aromatic carbocycles. The van der Waals surface area contributed by atoms with Crippen LogP contribution in [0.2, 0.25) is 0 Å². The van der Waals surface area contributed by atoms with Gasteiger partial charge in [0.1, 0.15) is 11.7 Å². The fourth-order valence-electron chi connectivity index (χ4n) is 2.91. The van der Waals surface area contributed by atoms with E-state index in [1.54, 1.807) is 0 Å². The molecule has 160 valence electrons. The summed E-state index contributed by atoms with van der Waals surface area (Å²) >= 11 is 0. The van der Waals surface area contributed by atoms with Crippen LogP contribution in [0.3, 0.4) is 0 Å². The van der Waals surface area contributed by atoms with Crippen LogP contribution in [0.4, 0.5) is 26.3 Å². The van der Waals surface area contributed by atoms with E-state index in [1.807, 2.05) is 0 Å². The van der Waals surface area contributed by atoms with E-state index < -0.39 is 52.4 Å². The van der Waals surface area contributed by atoms with Crippen molar-refractivity contribution >= 4 is 17.5 Å². The summed E-state index contributed by atoms with van der Waals surface area (Å²) in [6.07, 6.45) is -10.6. The van der Waals surface area contributed by atoms with Gasteiger partial charge in [0.15, 0.2) is 5.78 Å². The lowest BCUT2D eigenvalue weighted by atomic mass is 9.75. The third-order valence-electron chi connectivity index (χ3n) is 4.29. The van der Waals surface area contributed by atoms with Gasteiger partial charge in [0.2, 0.25) is 5.54 Å². The molecular formula is C19H14F6N2O3. The number of carbonyl (C=O) groups excluding carboxylic acids is 3. The monoisotopic (exact) mass is 432 g/mol. The number of nitrogens with zero attached hydrogens (tertiary/aromatic N) is 1. The molecule has 1 aromatic heterocycles. The SMILES string of the molecule is CC(=O)[C@@H](C(=O)c1ccccc1)C(NC(=O)c1cccnc1)(C(F)(F)F)C(F)(F)F. The van der Waals surface area contributed by atoms with Crippen LogP contribution in [0.1, 0.15) is 27.6 Å². The summed E-state index contributed by atoms with van der Waals surface area (Å²) in [5.41, 5.74) is -6.33. The van der Waals surface area contributed by atoms with Crippen LogP contribution in [0.5, 0.6) is 0 Å². The fourth-order valence-corrected chi connectivity index (χ4v) is 2.91. The van der Waals surface area contributed by atoms with Crippen molar-refractivity contribution in [2.24, 2.45) is 5.92 Å². The maximum atomic E-state index is 14.0. The van der Waals surface area contributed by atoms with Crippen molar-refractivity contribution in [3.05, 3.63) is 66.0 Å². The zero-order valence-electron chi connectivity index (χ0n) is 15.2. The first-order valence-corrected chi connectivity index (χ1v) is 8.28. The molecule has 1 heterocycles. The molecule has 2 rings (SSSR count). The number of aromatic nitrogens is 1. The van der Waals surface area contributed by atoms with Crippen LogP contribution in [0, 0.1) is 5.92 Å². The molecule has 5 nitrogen and oxygen atoms in total. The second-order valence-corrected chi connectivity index (χ2v) is 6.27. The molecule has 0 saturated carbocycles. The van der Waals surface area contributed by atoms with Gasteiger partial charge in [0.25, 0.3) is 5.91 Å². The average molecular weight is 432 g/mol. The normalized spacial score (nSPS) is 13.4. The van der Waals surface area contributed by atoms with Crippen LogP contribution < -0.4 is 5.32 Å². The number of benzene rings is 1. The van der Waals surface area contributed by atoms with E-state index in [4.69, 9.17) is 0 Å². The summed E-state index contributed by atoms with van der Waals surface area (Å²) in [6.45, 7) is 0.425. The first-order valence-electron chi connectivity index (χ1n) is 8.28. The maximum absolute atomic E-state index is 14.0. The molecule has 0 spiro atoms. The van der Waals surface area contributed by atoms with E-state index >= 15 is 0 Å². The quantitative estimate of drug-likeness (QED) is 0.429. The highest BCUT2D eigenvalue weighted by atomic mass is 19.4. The van der Waals surface area contributed by atoms with Crippen LogP contribution in [0.15, 0.2) is 54.9 Å². The van der Waals surface area contributed by atoms with Crippen molar-refractivity contribution in [3.8, 4) is 0 Å². The van der Waals surface area contributed by atoms with Gasteiger partial charge in [0, 0.05) is 18.0 Å². The standard InChI is InChI=1S/C19H14F6N2O3/c1-11(28)14(15(29)12-6-3-2-4-7-12)17(18(20,21)22,19(23,24)25)27-16(30)13-8-5-9-26-10-13/h2-10,14H,1H3,(H,27,30)/t14-/m0/s1. The highest BCUT2D eigenvalue weighted by molar-refractivity contribution is 6.12. The lowest BCUT2D eigenvalue weighted by molar-refractivity contribution is -0.311. The topological polar surface area (TPSA) is 76.1 Å². The van der Waals surface area contributed by atoms with Crippen molar-refractivity contribution < 1.29 is 40.7 Å². The predicted octanol–water partition coefficient (Wildman–Crippen LogP) is 3.76. The number of nitrogens with one attached hydrogen (secondary N) is 1. The first kappa shape index (κ1) is 23.0. The Morgan fingerprint density at radius 1 is 0.867 bits per heavy atom. The molecule has 0 saturated heterocycles. The lowest BCUT2D eigenvalue weighted by Crippen LogP contribution is -2.74. The molecule has 0 aliphatic carbocycles. The van der Waals surface area contributed by atoms with Gasteiger partial charge in [-0.05, 0) is 19.1 Å². The summed E-state index contributed by atoms with van der Waals surface area (Å²) in [4.78, 5) is 40.4. The third kappa shape index (κ3) is 4.19. The molecule has 0 fully saturated rings. The molecule has 1 atom stereocenters. The van der Waals surface area contributed by atoms with E-state index in [-0.39, 0.29) is 0 Å². The van der Waals surface area contributed by atoms with Gasteiger partial charge in [-0.2, -0.15) is 26.3 Å². The smallest absolute Gasteiger partial charge is 0.329 e. The summed E-state index contributed by atoms with van der Waals surface area (Å²) in [5.74, 6) is -8.56. The number of carbonyl (C=O) groups is 3. The lowest BCUT2D eigenvalue weighted by Gasteiger charge is -2.41. The second kappa shape index (κ2) is 8.25. The molecule has 0 aliphatic heterocycles. The molecular weight excluding hydrogens is 418 g/mol. The first-order chi connectivity index (χ1) is 13.8. The molecule has 0 radical (unpaired) electrons. The maximum Gasteiger partial charge on any atom is 0.421 e. The largest absolute Gasteiger partial charge is 0.421 e. The van der Waals surface area contributed by atoms with Crippen LogP contribution in [-0.4, -0.2) is 40.3 Å². The van der Waals surface area contributed by atoms with Gasteiger partial charge >= 0.3 is 12.4 Å². The molecule has 0 unspecified atom stereocenters. The van der Waals surface area contributed by atoms with Crippen molar-refractivity contribution in [2.75, 3.05) is 0 Å². The van der Waals surface area contributed by atoms with Gasteiger partial charge in [-0.25, -0.2) is 0 Å². The Labute approximate surface area is 166 Å². The summed E-state index contributed by atoms with van der Waals surface area (Å²) in [5, 5.41) is 0.888.